The van der Waals surface area contributed by atoms with Gasteiger partial charge in [-0.25, -0.2) is 4.79 Å². The third-order valence-corrected chi connectivity index (χ3v) is 4.25. The molecule has 1 aromatic heterocycles. The van der Waals surface area contributed by atoms with Crippen LogP contribution in [0.4, 0.5) is 5.69 Å². The van der Waals surface area contributed by atoms with Crippen molar-refractivity contribution < 1.29 is 0 Å². The first-order valence-electron chi connectivity index (χ1n) is 7.21. The number of hydrogen-bond donors (Lipinski definition) is 1. The van der Waals surface area contributed by atoms with Crippen molar-refractivity contribution in [2.45, 2.75) is 31.7 Å². The Labute approximate surface area is 122 Å². The summed E-state index contributed by atoms with van der Waals surface area (Å²) in [7, 11) is 1.61. The number of fused-ring (bicyclic) bond motifs is 1. The van der Waals surface area contributed by atoms with Gasteiger partial charge in [-0.3, -0.25) is 9.36 Å². The maximum atomic E-state index is 12.2. The molecule has 0 bridgehead atoms. The molecule has 2 N–H and O–H groups in total. The average molecular weight is 285 g/mol. The van der Waals surface area contributed by atoms with Crippen LogP contribution in [0.25, 0.3) is 0 Å². The molecule has 1 heterocycles. The fraction of sp³-hybridized carbons (Fsp3) is 0.375. The van der Waals surface area contributed by atoms with Crippen LogP contribution in [0, 0.1) is 0 Å². The van der Waals surface area contributed by atoms with Crippen molar-refractivity contribution in [1.82, 2.24) is 9.13 Å². The number of nitrogens with zero attached hydrogens (tertiary/aromatic N) is 2. The monoisotopic (exact) mass is 285 g/mol. The quantitative estimate of drug-likeness (QED) is 0.902. The first-order chi connectivity index (χ1) is 10.1. The van der Waals surface area contributed by atoms with Gasteiger partial charge in [0.25, 0.3) is 5.56 Å². The first-order valence-corrected chi connectivity index (χ1v) is 7.21. The van der Waals surface area contributed by atoms with Gasteiger partial charge in [0.05, 0.1) is 0 Å². The van der Waals surface area contributed by atoms with E-state index in [0.29, 0.717) is 6.54 Å². The Morgan fingerprint density at radius 2 is 2.05 bits per heavy atom. The summed E-state index contributed by atoms with van der Waals surface area (Å²) in [5.41, 5.74) is 7.69. The van der Waals surface area contributed by atoms with Crippen LogP contribution >= 0.6 is 0 Å². The van der Waals surface area contributed by atoms with Crippen LogP contribution in [-0.4, -0.2) is 9.13 Å². The minimum atomic E-state index is -0.388. The Morgan fingerprint density at radius 3 is 2.86 bits per heavy atom. The maximum absolute atomic E-state index is 12.2. The molecule has 2 aromatic rings. The third-order valence-electron chi connectivity index (χ3n) is 4.25. The fourth-order valence-corrected chi connectivity index (χ4v) is 3.18. The number of rotatable bonds is 2. The number of benzene rings is 1. The molecule has 1 aliphatic carbocycles. The highest BCUT2D eigenvalue weighted by Crippen LogP contribution is 2.32. The van der Waals surface area contributed by atoms with Crippen LogP contribution in [0.15, 0.2) is 40.1 Å². The molecule has 0 saturated heterocycles. The largest absolute Gasteiger partial charge is 0.393 e. The number of aryl methyl sites for hydroxylation is 2. The Morgan fingerprint density at radius 1 is 1.29 bits per heavy atom. The molecule has 0 radical (unpaired) electrons. The average Bonchev–Trinajstić information content (AvgIpc) is 2.50. The van der Waals surface area contributed by atoms with Crippen LogP contribution in [0.3, 0.4) is 0 Å². The lowest BCUT2D eigenvalue weighted by atomic mass is 9.83. The van der Waals surface area contributed by atoms with E-state index in [-0.39, 0.29) is 22.9 Å². The van der Waals surface area contributed by atoms with E-state index in [2.05, 4.69) is 12.1 Å². The van der Waals surface area contributed by atoms with Crippen LogP contribution in [0.2, 0.25) is 0 Å². The standard InChI is InChI=1S/C16H19N3O2/c1-18-10-14(17)15(20)19(16(18)21)9-12-7-4-6-11-5-2-3-8-13(11)12/h2-3,5,8,10,12H,4,6-7,9,17H2,1H3. The highest BCUT2D eigenvalue weighted by atomic mass is 16.2. The van der Waals surface area contributed by atoms with Gasteiger partial charge in [0.15, 0.2) is 0 Å². The zero-order valence-electron chi connectivity index (χ0n) is 12.1. The molecule has 1 unspecified atom stereocenters. The number of nitrogens with two attached hydrogens (primary N) is 1. The van der Waals surface area contributed by atoms with Crippen LogP contribution < -0.4 is 17.0 Å². The van der Waals surface area contributed by atoms with Gasteiger partial charge >= 0.3 is 5.69 Å². The molecule has 0 amide bonds. The Hall–Kier alpha value is -2.30. The van der Waals surface area contributed by atoms with Crippen molar-refractivity contribution in [3.05, 3.63) is 62.4 Å². The second-order valence-corrected chi connectivity index (χ2v) is 5.68. The lowest BCUT2D eigenvalue weighted by molar-refractivity contribution is 0.456. The van der Waals surface area contributed by atoms with E-state index in [1.54, 1.807) is 7.05 Å². The van der Waals surface area contributed by atoms with Gasteiger partial charge < -0.3 is 10.3 Å². The molecule has 110 valence electrons. The molecule has 0 fully saturated rings. The predicted octanol–water partition coefficient (Wildman–Crippen LogP) is 1.25. The van der Waals surface area contributed by atoms with E-state index in [1.165, 1.54) is 26.5 Å². The van der Waals surface area contributed by atoms with Gasteiger partial charge in [-0.05, 0) is 30.4 Å². The summed E-state index contributed by atoms with van der Waals surface area (Å²) in [4.78, 5) is 24.3. The van der Waals surface area contributed by atoms with Gasteiger partial charge in [0, 0.05) is 25.7 Å². The maximum Gasteiger partial charge on any atom is 0.330 e. The van der Waals surface area contributed by atoms with E-state index in [4.69, 9.17) is 5.73 Å². The topological polar surface area (TPSA) is 70.0 Å². The van der Waals surface area contributed by atoms with Crippen molar-refractivity contribution in [3.8, 4) is 0 Å². The summed E-state index contributed by atoms with van der Waals surface area (Å²) >= 11 is 0. The molecule has 1 aliphatic rings. The highest BCUT2D eigenvalue weighted by molar-refractivity contribution is 5.33. The first kappa shape index (κ1) is 13.7. The van der Waals surface area contributed by atoms with Crippen LogP contribution in [0.1, 0.15) is 29.9 Å². The fourth-order valence-electron chi connectivity index (χ4n) is 3.18. The number of anilines is 1. The molecule has 21 heavy (non-hydrogen) atoms. The van der Waals surface area contributed by atoms with E-state index in [1.807, 2.05) is 12.1 Å². The Balaban J connectivity index is 2.03. The zero-order chi connectivity index (χ0) is 15.0. The van der Waals surface area contributed by atoms with Crippen molar-refractivity contribution in [3.63, 3.8) is 0 Å². The van der Waals surface area contributed by atoms with E-state index < -0.39 is 0 Å². The molecule has 0 spiro atoms. The number of hydrogen-bond acceptors (Lipinski definition) is 3. The summed E-state index contributed by atoms with van der Waals surface area (Å²) in [5, 5.41) is 0. The second-order valence-electron chi connectivity index (χ2n) is 5.68. The van der Waals surface area contributed by atoms with Crippen molar-refractivity contribution in [1.29, 1.82) is 0 Å². The van der Waals surface area contributed by atoms with E-state index >= 15 is 0 Å². The van der Waals surface area contributed by atoms with Gasteiger partial charge in [-0.1, -0.05) is 24.3 Å². The minimum absolute atomic E-state index is 0.112. The zero-order valence-corrected chi connectivity index (χ0v) is 12.1. The summed E-state index contributed by atoms with van der Waals surface area (Å²) in [6.07, 6.45) is 4.52. The third kappa shape index (κ3) is 2.39. The van der Waals surface area contributed by atoms with Crippen LogP contribution in [-0.2, 0) is 20.0 Å². The van der Waals surface area contributed by atoms with Gasteiger partial charge in [0.1, 0.15) is 5.69 Å². The predicted molar refractivity (Wildman–Crippen MR) is 82.5 cm³/mol. The molecule has 1 atom stereocenters. The van der Waals surface area contributed by atoms with Gasteiger partial charge in [0.2, 0.25) is 0 Å². The second kappa shape index (κ2) is 5.24. The molecule has 0 saturated carbocycles. The summed E-state index contributed by atoms with van der Waals surface area (Å²) in [6.45, 7) is 0.396. The Kier molecular flexibility index (Phi) is 3.41. The molecular weight excluding hydrogens is 266 g/mol. The lowest BCUT2D eigenvalue weighted by Gasteiger charge is -2.26. The number of nitrogen functional groups attached to an aromatic ring is 1. The van der Waals surface area contributed by atoms with E-state index in [0.717, 1.165) is 19.3 Å². The molecule has 5 nitrogen and oxygen atoms in total. The summed E-state index contributed by atoms with van der Waals surface area (Å²) < 4.78 is 2.63. The smallest absolute Gasteiger partial charge is 0.330 e. The Bertz CT molecular complexity index is 755. The van der Waals surface area contributed by atoms with Gasteiger partial charge in [-0.15, -0.1) is 0 Å². The van der Waals surface area contributed by atoms with Crippen molar-refractivity contribution in [2.75, 3.05) is 5.73 Å². The molecular formula is C16H19N3O2. The van der Waals surface area contributed by atoms with Crippen molar-refractivity contribution in [2.24, 2.45) is 7.05 Å². The highest BCUT2D eigenvalue weighted by Gasteiger charge is 2.22. The summed E-state index contributed by atoms with van der Waals surface area (Å²) in [5.74, 6) is 0.196. The van der Waals surface area contributed by atoms with E-state index in [9.17, 15) is 9.59 Å². The molecule has 3 rings (SSSR count). The molecule has 0 aliphatic heterocycles. The SMILES string of the molecule is Cn1cc(N)c(=O)n(CC2CCCc3ccccc32)c1=O. The number of aromatic nitrogens is 2. The van der Waals surface area contributed by atoms with Crippen LogP contribution in [0.5, 0.6) is 0 Å². The normalized spacial score (nSPS) is 17.5. The summed E-state index contributed by atoms with van der Waals surface area (Å²) in [6, 6.07) is 8.27. The minimum Gasteiger partial charge on any atom is -0.393 e. The van der Waals surface area contributed by atoms with Gasteiger partial charge in [-0.2, -0.15) is 0 Å². The molecule has 1 aromatic carbocycles. The molecule has 5 heteroatoms. The van der Waals surface area contributed by atoms with Crippen molar-refractivity contribution >= 4 is 5.69 Å². The lowest BCUT2D eigenvalue weighted by Crippen LogP contribution is -2.41.